The van der Waals surface area contributed by atoms with Crippen LogP contribution in [-0.4, -0.2) is 16.3 Å². The predicted octanol–water partition coefficient (Wildman–Crippen LogP) is 4.40. The molecule has 0 radical (unpaired) electrons. The normalized spacial score (nSPS) is 13.0. The molecule has 2 heterocycles. The van der Waals surface area contributed by atoms with Gasteiger partial charge >= 0.3 is 0 Å². The number of halogens is 2. The van der Waals surface area contributed by atoms with Crippen molar-refractivity contribution in [3.63, 3.8) is 0 Å². The number of nitrogens with one attached hydrogen (secondary N) is 1. The van der Waals surface area contributed by atoms with Crippen molar-refractivity contribution in [2.24, 2.45) is 0 Å². The highest BCUT2D eigenvalue weighted by molar-refractivity contribution is 5.73. The van der Waals surface area contributed by atoms with E-state index in [-0.39, 0.29) is 5.69 Å². The molecule has 0 atom stereocenters. The van der Waals surface area contributed by atoms with Crippen LogP contribution in [0.15, 0.2) is 36.4 Å². The molecule has 0 unspecified atom stereocenters. The van der Waals surface area contributed by atoms with E-state index in [1.54, 1.807) is 4.68 Å². The first-order valence-electron chi connectivity index (χ1n) is 7.93. The Labute approximate surface area is 138 Å². The van der Waals surface area contributed by atoms with E-state index in [0.29, 0.717) is 0 Å². The Kier molecular flexibility index (Phi) is 3.37. The van der Waals surface area contributed by atoms with Crippen LogP contribution >= 0.6 is 0 Å². The van der Waals surface area contributed by atoms with Gasteiger partial charge in [-0.1, -0.05) is 17.2 Å². The summed E-state index contributed by atoms with van der Waals surface area (Å²) < 4.78 is 29.0. The molecule has 3 nitrogen and oxygen atoms in total. The fraction of sp³-hybridized carbons (Fsp3) is 0.211. The van der Waals surface area contributed by atoms with Crippen LogP contribution < -0.4 is 5.32 Å². The summed E-state index contributed by atoms with van der Waals surface area (Å²) in [5.41, 5.74) is 5.51. The highest BCUT2D eigenvalue weighted by Gasteiger charge is 2.25. The summed E-state index contributed by atoms with van der Waals surface area (Å²) in [7, 11) is 0. The highest BCUT2D eigenvalue weighted by atomic mass is 19.1. The van der Waals surface area contributed by atoms with Crippen molar-refractivity contribution in [3.8, 4) is 16.9 Å². The summed E-state index contributed by atoms with van der Waals surface area (Å²) in [5.74, 6) is -0.432. The maximum Gasteiger partial charge on any atom is 0.151 e. The molecule has 0 aliphatic carbocycles. The number of nitrogens with zero attached hydrogens (tertiary/aromatic N) is 2. The van der Waals surface area contributed by atoms with Crippen molar-refractivity contribution >= 4 is 5.82 Å². The Bertz CT molecular complexity index is 924. The SMILES string of the molecule is Cc1cc(C)cc(-c2nn(-c3ccc(F)cc3F)c3c2CCN3)c1. The Morgan fingerprint density at radius 1 is 1.04 bits per heavy atom. The minimum atomic E-state index is -0.624. The molecule has 0 fully saturated rings. The van der Waals surface area contributed by atoms with E-state index < -0.39 is 11.6 Å². The Hall–Kier alpha value is -2.69. The molecule has 0 amide bonds. The molecule has 0 spiro atoms. The Morgan fingerprint density at radius 2 is 1.79 bits per heavy atom. The van der Waals surface area contributed by atoms with Crippen LogP contribution in [0.2, 0.25) is 0 Å². The van der Waals surface area contributed by atoms with E-state index in [0.717, 1.165) is 52.8 Å². The van der Waals surface area contributed by atoms with Gasteiger partial charge in [-0.25, -0.2) is 13.5 Å². The molecule has 24 heavy (non-hydrogen) atoms. The van der Waals surface area contributed by atoms with Crippen LogP contribution in [0.4, 0.5) is 14.6 Å². The van der Waals surface area contributed by atoms with Crippen LogP contribution in [-0.2, 0) is 6.42 Å². The molecule has 122 valence electrons. The lowest BCUT2D eigenvalue weighted by Gasteiger charge is -2.07. The highest BCUT2D eigenvalue weighted by Crippen LogP contribution is 2.35. The van der Waals surface area contributed by atoms with Gasteiger partial charge in [-0.05, 0) is 44.5 Å². The maximum atomic E-state index is 14.2. The van der Waals surface area contributed by atoms with Gasteiger partial charge in [0.25, 0.3) is 0 Å². The first-order chi connectivity index (χ1) is 11.5. The van der Waals surface area contributed by atoms with E-state index >= 15 is 0 Å². The molecule has 0 bridgehead atoms. The second-order valence-electron chi connectivity index (χ2n) is 6.24. The van der Waals surface area contributed by atoms with E-state index in [2.05, 4.69) is 28.6 Å². The topological polar surface area (TPSA) is 29.9 Å². The lowest BCUT2D eigenvalue weighted by Crippen LogP contribution is -2.06. The van der Waals surface area contributed by atoms with Crippen LogP contribution in [0.1, 0.15) is 16.7 Å². The van der Waals surface area contributed by atoms with E-state index in [1.807, 2.05) is 13.8 Å². The minimum absolute atomic E-state index is 0.248. The number of anilines is 1. The number of fused-ring (bicyclic) bond motifs is 1. The van der Waals surface area contributed by atoms with E-state index in [4.69, 9.17) is 0 Å². The largest absolute Gasteiger partial charge is 0.369 e. The van der Waals surface area contributed by atoms with Crippen LogP contribution in [0, 0.1) is 25.5 Å². The molecule has 1 aromatic heterocycles. The number of benzene rings is 2. The molecule has 0 saturated heterocycles. The smallest absolute Gasteiger partial charge is 0.151 e. The molecular formula is C19H17F2N3. The molecule has 1 N–H and O–H groups in total. The number of rotatable bonds is 2. The van der Waals surface area contributed by atoms with Gasteiger partial charge in [0.05, 0.1) is 5.69 Å². The fourth-order valence-corrected chi connectivity index (χ4v) is 3.35. The average molecular weight is 325 g/mol. The predicted molar refractivity (Wildman–Crippen MR) is 90.6 cm³/mol. The van der Waals surface area contributed by atoms with E-state index in [1.165, 1.54) is 12.1 Å². The second-order valence-corrected chi connectivity index (χ2v) is 6.24. The zero-order chi connectivity index (χ0) is 16.8. The average Bonchev–Trinajstić information content (AvgIpc) is 3.09. The molecule has 5 heteroatoms. The third-order valence-electron chi connectivity index (χ3n) is 4.28. The molecule has 2 aromatic carbocycles. The maximum absolute atomic E-state index is 14.2. The third kappa shape index (κ3) is 2.37. The minimum Gasteiger partial charge on any atom is -0.369 e. The number of hydrogen-bond donors (Lipinski definition) is 1. The molecule has 3 aromatic rings. The van der Waals surface area contributed by atoms with Gasteiger partial charge in [0.15, 0.2) is 5.82 Å². The molecule has 4 rings (SSSR count). The van der Waals surface area contributed by atoms with Crippen LogP contribution in [0.3, 0.4) is 0 Å². The van der Waals surface area contributed by atoms with Crippen LogP contribution in [0.25, 0.3) is 16.9 Å². The van der Waals surface area contributed by atoms with Gasteiger partial charge < -0.3 is 5.32 Å². The zero-order valence-corrected chi connectivity index (χ0v) is 13.5. The molecular weight excluding hydrogens is 308 g/mol. The number of aromatic nitrogens is 2. The quantitative estimate of drug-likeness (QED) is 0.757. The summed E-state index contributed by atoms with van der Waals surface area (Å²) in [5, 5.41) is 7.91. The van der Waals surface area contributed by atoms with Gasteiger partial charge in [0.1, 0.15) is 17.3 Å². The molecule has 0 saturated carbocycles. The first-order valence-corrected chi connectivity index (χ1v) is 7.93. The monoisotopic (exact) mass is 325 g/mol. The first kappa shape index (κ1) is 14.9. The summed E-state index contributed by atoms with van der Waals surface area (Å²) >= 11 is 0. The van der Waals surface area contributed by atoms with Crippen LogP contribution in [0.5, 0.6) is 0 Å². The summed E-state index contributed by atoms with van der Waals surface area (Å²) in [4.78, 5) is 0. The standard InChI is InChI=1S/C19H17F2N3/c1-11-7-12(2)9-13(8-11)18-15-5-6-22-19(15)24(23-18)17-4-3-14(20)10-16(17)21/h3-4,7-10,22H,5-6H2,1-2H3. The van der Waals surface area contributed by atoms with Gasteiger partial charge in [0.2, 0.25) is 0 Å². The number of aryl methyl sites for hydroxylation is 2. The van der Waals surface area contributed by atoms with Crippen molar-refractivity contribution in [1.82, 2.24) is 9.78 Å². The summed E-state index contributed by atoms with van der Waals surface area (Å²) in [6, 6.07) is 9.83. The molecule has 1 aliphatic rings. The Morgan fingerprint density at radius 3 is 2.50 bits per heavy atom. The van der Waals surface area contributed by atoms with Crippen molar-refractivity contribution in [2.75, 3.05) is 11.9 Å². The van der Waals surface area contributed by atoms with Gasteiger partial charge in [-0.3, -0.25) is 0 Å². The molecule has 1 aliphatic heterocycles. The lowest BCUT2D eigenvalue weighted by molar-refractivity contribution is 0.574. The Balaban J connectivity index is 1.92. The lowest BCUT2D eigenvalue weighted by atomic mass is 10.0. The second kappa shape index (κ2) is 5.44. The fourth-order valence-electron chi connectivity index (χ4n) is 3.35. The summed E-state index contributed by atoms with van der Waals surface area (Å²) in [6.45, 7) is 4.88. The van der Waals surface area contributed by atoms with Crippen molar-refractivity contribution in [3.05, 3.63) is 64.7 Å². The van der Waals surface area contributed by atoms with Gasteiger partial charge in [0, 0.05) is 23.7 Å². The van der Waals surface area contributed by atoms with Crippen molar-refractivity contribution < 1.29 is 8.78 Å². The van der Waals surface area contributed by atoms with Crippen molar-refractivity contribution in [2.45, 2.75) is 20.3 Å². The van der Waals surface area contributed by atoms with Gasteiger partial charge in [-0.2, -0.15) is 5.10 Å². The summed E-state index contributed by atoms with van der Waals surface area (Å²) in [6.07, 6.45) is 0.834. The van der Waals surface area contributed by atoms with E-state index in [9.17, 15) is 8.78 Å². The third-order valence-corrected chi connectivity index (χ3v) is 4.28. The number of hydrogen-bond acceptors (Lipinski definition) is 2. The zero-order valence-electron chi connectivity index (χ0n) is 13.5. The van der Waals surface area contributed by atoms with Crippen molar-refractivity contribution in [1.29, 1.82) is 0 Å². The van der Waals surface area contributed by atoms with Gasteiger partial charge in [-0.15, -0.1) is 0 Å².